The first-order valence-corrected chi connectivity index (χ1v) is 11.6. The Labute approximate surface area is 207 Å². The SMILES string of the molecule is COC(=O)c1cc(CN(F)C(=O)C(F)(F)CC2CCN(CCO)CC2)cc(-c2cccc(C#N)c2)c1. The number of hydrogen-bond donors (Lipinski definition) is 1. The van der Waals surface area contributed by atoms with Gasteiger partial charge in [0.25, 0.3) is 0 Å². The highest BCUT2D eigenvalue weighted by Crippen LogP contribution is 2.33. The number of aliphatic hydroxyl groups is 1. The predicted octanol–water partition coefficient (Wildman–Crippen LogP) is 3.95. The Bertz CT molecular complexity index is 1130. The molecule has 0 saturated carbocycles. The molecule has 0 atom stereocenters. The zero-order valence-electron chi connectivity index (χ0n) is 19.9. The smallest absolute Gasteiger partial charge is 0.337 e. The van der Waals surface area contributed by atoms with Gasteiger partial charge in [0, 0.05) is 13.0 Å². The molecule has 1 amide bonds. The molecule has 0 aromatic heterocycles. The van der Waals surface area contributed by atoms with Crippen molar-refractivity contribution < 1.29 is 32.7 Å². The fourth-order valence-corrected chi connectivity index (χ4v) is 4.37. The van der Waals surface area contributed by atoms with Gasteiger partial charge in [-0.25, -0.2) is 4.79 Å². The number of benzene rings is 2. The maximum absolute atomic E-state index is 14.8. The Hall–Kier alpha value is -3.42. The molecule has 1 N–H and O–H groups in total. The molecule has 7 nitrogen and oxygen atoms in total. The normalized spacial score (nSPS) is 14.8. The minimum Gasteiger partial charge on any atom is -0.465 e. The number of likely N-dealkylation sites (tertiary alicyclic amines) is 1. The number of ether oxygens (including phenoxy) is 1. The van der Waals surface area contributed by atoms with Crippen molar-refractivity contribution in [2.75, 3.05) is 33.4 Å². The molecule has 192 valence electrons. The van der Waals surface area contributed by atoms with Crippen LogP contribution in [0.4, 0.5) is 13.3 Å². The van der Waals surface area contributed by atoms with Gasteiger partial charge in [-0.1, -0.05) is 16.6 Å². The van der Waals surface area contributed by atoms with Crippen molar-refractivity contribution in [2.45, 2.75) is 31.7 Å². The fourth-order valence-electron chi connectivity index (χ4n) is 4.37. The summed E-state index contributed by atoms with van der Waals surface area (Å²) < 4.78 is 48.9. The minimum atomic E-state index is -3.89. The van der Waals surface area contributed by atoms with Gasteiger partial charge in [0.15, 0.2) is 0 Å². The van der Waals surface area contributed by atoms with Gasteiger partial charge < -0.3 is 14.7 Å². The van der Waals surface area contributed by atoms with E-state index in [2.05, 4.69) is 0 Å². The van der Waals surface area contributed by atoms with E-state index in [1.807, 2.05) is 11.0 Å². The Morgan fingerprint density at radius 1 is 1.19 bits per heavy atom. The number of carbonyl (C=O) groups excluding carboxylic acids is 2. The summed E-state index contributed by atoms with van der Waals surface area (Å²) in [5.41, 5.74) is 1.51. The average Bonchev–Trinajstić information content (AvgIpc) is 2.88. The van der Waals surface area contributed by atoms with E-state index in [0.29, 0.717) is 49.2 Å². The average molecular weight is 504 g/mol. The lowest BCUT2D eigenvalue weighted by atomic mass is 9.90. The molecule has 1 aliphatic rings. The molecule has 3 rings (SSSR count). The number of piperidine rings is 1. The molecule has 0 aliphatic carbocycles. The van der Waals surface area contributed by atoms with Crippen LogP contribution >= 0.6 is 0 Å². The molecule has 0 unspecified atom stereocenters. The van der Waals surface area contributed by atoms with Crippen molar-refractivity contribution in [2.24, 2.45) is 5.92 Å². The Morgan fingerprint density at radius 3 is 2.56 bits per heavy atom. The van der Waals surface area contributed by atoms with Crippen molar-refractivity contribution in [1.82, 2.24) is 10.0 Å². The van der Waals surface area contributed by atoms with Crippen molar-refractivity contribution in [3.63, 3.8) is 0 Å². The van der Waals surface area contributed by atoms with Crippen LogP contribution in [0.5, 0.6) is 0 Å². The van der Waals surface area contributed by atoms with Gasteiger partial charge in [0.2, 0.25) is 0 Å². The van der Waals surface area contributed by atoms with Crippen LogP contribution in [-0.4, -0.2) is 66.3 Å². The van der Waals surface area contributed by atoms with Gasteiger partial charge in [-0.15, -0.1) is 0 Å². The van der Waals surface area contributed by atoms with Gasteiger partial charge in [-0.3, -0.25) is 4.79 Å². The Morgan fingerprint density at radius 2 is 1.92 bits per heavy atom. The van der Waals surface area contributed by atoms with E-state index in [0.717, 1.165) is 0 Å². The molecule has 0 radical (unpaired) electrons. The third kappa shape index (κ3) is 6.83. The number of carbonyl (C=O) groups is 2. The first kappa shape index (κ1) is 27.2. The molecule has 1 fully saturated rings. The summed E-state index contributed by atoms with van der Waals surface area (Å²) in [4.78, 5) is 26.5. The molecule has 2 aromatic rings. The van der Waals surface area contributed by atoms with Crippen molar-refractivity contribution >= 4 is 11.9 Å². The van der Waals surface area contributed by atoms with Crippen LogP contribution < -0.4 is 0 Å². The molecule has 0 bridgehead atoms. The number of rotatable bonds is 9. The topological polar surface area (TPSA) is 93.9 Å². The van der Waals surface area contributed by atoms with Crippen molar-refractivity contribution in [1.29, 1.82) is 5.26 Å². The van der Waals surface area contributed by atoms with Gasteiger partial charge in [-0.05, 0) is 78.9 Å². The molecule has 2 aromatic carbocycles. The highest BCUT2D eigenvalue weighted by atomic mass is 19.3. The van der Waals surface area contributed by atoms with E-state index in [1.54, 1.807) is 24.3 Å². The highest BCUT2D eigenvalue weighted by Gasteiger charge is 2.45. The third-order valence-electron chi connectivity index (χ3n) is 6.26. The van der Waals surface area contributed by atoms with Crippen molar-refractivity contribution in [3.8, 4) is 17.2 Å². The monoisotopic (exact) mass is 503 g/mol. The second-order valence-electron chi connectivity index (χ2n) is 8.85. The number of β-amino-alcohol motifs (C(OH)–C–C–N with tert-alkyl or cyclic N) is 1. The van der Waals surface area contributed by atoms with Crippen LogP contribution in [0.25, 0.3) is 11.1 Å². The van der Waals surface area contributed by atoms with Gasteiger partial charge in [0.1, 0.15) is 0 Å². The number of amides is 1. The van der Waals surface area contributed by atoms with Crippen LogP contribution in [0.1, 0.15) is 40.7 Å². The quantitative estimate of drug-likeness (QED) is 0.411. The maximum Gasteiger partial charge on any atom is 0.337 e. The van der Waals surface area contributed by atoms with Crippen LogP contribution in [0.3, 0.4) is 0 Å². The summed E-state index contributed by atoms with van der Waals surface area (Å²) in [5, 5.41) is 17.6. The number of esters is 1. The van der Waals surface area contributed by atoms with E-state index in [9.17, 15) is 22.9 Å². The lowest BCUT2D eigenvalue weighted by molar-refractivity contribution is -0.178. The summed E-state index contributed by atoms with van der Waals surface area (Å²) in [6.07, 6.45) is 0.108. The van der Waals surface area contributed by atoms with Crippen LogP contribution in [0.2, 0.25) is 0 Å². The summed E-state index contributed by atoms with van der Waals surface area (Å²) >= 11 is 0. The van der Waals surface area contributed by atoms with Crippen molar-refractivity contribution in [3.05, 3.63) is 59.2 Å². The Kier molecular flexibility index (Phi) is 9.07. The van der Waals surface area contributed by atoms with Gasteiger partial charge in [-0.2, -0.15) is 19.2 Å². The number of halogens is 3. The number of aliphatic hydroxyl groups excluding tert-OH is 1. The summed E-state index contributed by atoms with van der Waals surface area (Å²) in [5.74, 6) is -6.97. The van der Waals surface area contributed by atoms with E-state index < -0.39 is 41.8 Å². The molecule has 10 heteroatoms. The van der Waals surface area contributed by atoms with Gasteiger partial charge in [0.05, 0.1) is 37.5 Å². The second kappa shape index (κ2) is 12.0. The molecular weight excluding hydrogens is 475 g/mol. The number of hydrogen-bond acceptors (Lipinski definition) is 6. The standard InChI is InChI=1S/C26H28F3N3O4/c1-36-24(34)23-13-20(12-22(14-23)21-4-2-3-19(11-21)16-30)17-32(29)25(35)26(27,28)15-18-5-7-31(8-6-18)9-10-33/h2-4,11-14,18,33H,5-10,15,17H2,1H3. The number of alkyl halides is 2. The van der Waals surface area contributed by atoms with Crippen LogP contribution in [0, 0.1) is 17.2 Å². The third-order valence-corrected chi connectivity index (χ3v) is 6.26. The van der Waals surface area contributed by atoms with E-state index >= 15 is 0 Å². The fraction of sp³-hybridized carbons (Fsp3) is 0.423. The van der Waals surface area contributed by atoms with E-state index in [-0.39, 0.29) is 17.7 Å². The minimum absolute atomic E-state index is 0.0151. The Balaban J connectivity index is 1.76. The summed E-state index contributed by atoms with van der Waals surface area (Å²) in [6, 6.07) is 12.7. The second-order valence-corrected chi connectivity index (χ2v) is 8.85. The zero-order valence-corrected chi connectivity index (χ0v) is 19.9. The molecule has 36 heavy (non-hydrogen) atoms. The highest BCUT2D eigenvalue weighted by molar-refractivity contribution is 5.91. The molecule has 1 aliphatic heterocycles. The molecule has 1 saturated heterocycles. The predicted molar refractivity (Wildman–Crippen MR) is 125 cm³/mol. The first-order chi connectivity index (χ1) is 17.2. The summed E-state index contributed by atoms with van der Waals surface area (Å²) in [6.45, 7) is 0.724. The maximum atomic E-state index is 14.8. The zero-order chi connectivity index (χ0) is 26.3. The largest absolute Gasteiger partial charge is 0.465 e. The molecular formula is C26H28F3N3O4. The number of methoxy groups -OCH3 is 1. The number of nitriles is 1. The summed E-state index contributed by atoms with van der Waals surface area (Å²) in [7, 11) is 1.17. The lowest BCUT2D eigenvalue weighted by Crippen LogP contribution is -2.43. The van der Waals surface area contributed by atoms with E-state index in [1.165, 1.54) is 25.3 Å². The van der Waals surface area contributed by atoms with Gasteiger partial charge >= 0.3 is 17.8 Å². The van der Waals surface area contributed by atoms with Crippen LogP contribution in [-0.2, 0) is 16.1 Å². The van der Waals surface area contributed by atoms with E-state index in [4.69, 9.17) is 15.1 Å². The lowest BCUT2D eigenvalue weighted by Gasteiger charge is -2.33. The molecule has 0 spiro atoms. The molecule has 1 heterocycles. The number of nitrogens with zero attached hydrogens (tertiary/aromatic N) is 3. The first-order valence-electron chi connectivity index (χ1n) is 11.6. The van der Waals surface area contributed by atoms with Crippen LogP contribution in [0.15, 0.2) is 42.5 Å².